The molecule has 2 aromatic rings. The lowest BCUT2D eigenvalue weighted by Crippen LogP contribution is -1.73. The van der Waals surface area contributed by atoms with Gasteiger partial charge in [0.2, 0.25) is 0 Å². The third-order valence-electron chi connectivity index (χ3n) is 1.64. The van der Waals surface area contributed by atoms with Crippen LogP contribution in [-0.2, 0) is 5.88 Å². The normalized spacial score (nSPS) is 10.4. The van der Waals surface area contributed by atoms with Crippen molar-refractivity contribution in [3.8, 4) is 9.75 Å². The van der Waals surface area contributed by atoms with Crippen LogP contribution in [0.15, 0.2) is 29.0 Å². The van der Waals surface area contributed by atoms with Gasteiger partial charge in [-0.3, -0.25) is 0 Å². The van der Waals surface area contributed by atoms with Gasteiger partial charge in [-0.1, -0.05) is 6.07 Å². The van der Waals surface area contributed by atoms with Crippen LogP contribution in [0.25, 0.3) is 9.75 Å². The van der Waals surface area contributed by atoms with Crippen molar-refractivity contribution in [3.05, 3.63) is 34.5 Å². The molecular formula is C9H7ClS2. The molecular weight excluding hydrogens is 208 g/mol. The largest absolute Gasteiger partial charge is 0.143 e. The van der Waals surface area contributed by atoms with E-state index in [0.717, 1.165) is 0 Å². The van der Waals surface area contributed by atoms with Gasteiger partial charge in [-0.15, -0.1) is 34.3 Å². The first-order chi connectivity index (χ1) is 5.92. The lowest BCUT2D eigenvalue weighted by atomic mass is 10.2. The van der Waals surface area contributed by atoms with Crippen LogP contribution in [0.1, 0.15) is 5.56 Å². The minimum absolute atomic E-state index is 0.608. The monoisotopic (exact) mass is 214 g/mol. The van der Waals surface area contributed by atoms with Gasteiger partial charge in [-0.05, 0) is 28.5 Å². The van der Waals surface area contributed by atoms with Crippen molar-refractivity contribution in [2.75, 3.05) is 0 Å². The standard InChI is InChI=1S/C9H7ClS2/c10-6-7-3-5-12-9(7)8-2-1-4-11-8/h1-5H,6H2. The summed E-state index contributed by atoms with van der Waals surface area (Å²) in [7, 11) is 0. The smallest absolute Gasteiger partial charge is 0.0488 e. The fourth-order valence-electron chi connectivity index (χ4n) is 1.06. The molecule has 0 aliphatic heterocycles. The molecule has 0 amide bonds. The second-order valence-corrected chi connectivity index (χ2v) is 4.52. The molecule has 0 atom stereocenters. The van der Waals surface area contributed by atoms with Gasteiger partial charge >= 0.3 is 0 Å². The Labute approximate surface area is 84.4 Å². The topological polar surface area (TPSA) is 0 Å². The molecule has 62 valence electrons. The Kier molecular flexibility index (Phi) is 2.49. The highest BCUT2D eigenvalue weighted by Crippen LogP contribution is 2.33. The maximum atomic E-state index is 5.80. The van der Waals surface area contributed by atoms with Crippen LogP contribution in [0.2, 0.25) is 0 Å². The SMILES string of the molecule is ClCc1ccsc1-c1cccs1. The zero-order valence-corrected chi connectivity index (χ0v) is 8.68. The molecule has 0 saturated carbocycles. The van der Waals surface area contributed by atoms with E-state index >= 15 is 0 Å². The van der Waals surface area contributed by atoms with Gasteiger partial charge in [0.1, 0.15) is 0 Å². The van der Waals surface area contributed by atoms with Crippen LogP contribution in [0, 0.1) is 0 Å². The van der Waals surface area contributed by atoms with Crippen LogP contribution in [0.4, 0.5) is 0 Å². The molecule has 12 heavy (non-hydrogen) atoms. The first-order valence-corrected chi connectivity index (χ1v) is 5.87. The summed E-state index contributed by atoms with van der Waals surface area (Å²) in [5, 5.41) is 4.18. The molecule has 0 fully saturated rings. The minimum Gasteiger partial charge on any atom is -0.143 e. The number of hydrogen-bond acceptors (Lipinski definition) is 2. The zero-order valence-electron chi connectivity index (χ0n) is 6.29. The molecule has 2 heterocycles. The molecule has 0 unspecified atom stereocenters. The van der Waals surface area contributed by atoms with E-state index in [-0.39, 0.29) is 0 Å². The first-order valence-electron chi connectivity index (χ1n) is 3.58. The van der Waals surface area contributed by atoms with E-state index in [1.165, 1.54) is 15.3 Å². The molecule has 0 aliphatic rings. The van der Waals surface area contributed by atoms with E-state index in [1.807, 2.05) is 0 Å². The van der Waals surface area contributed by atoms with Crippen LogP contribution >= 0.6 is 34.3 Å². The summed E-state index contributed by atoms with van der Waals surface area (Å²) in [5.41, 5.74) is 1.24. The van der Waals surface area contributed by atoms with E-state index in [1.54, 1.807) is 22.7 Å². The van der Waals surface area contributed by atoms with Gasteiger partial charge in [0.25, 0.3) is 0 Å². The second kappa shape index (κ2) is 3.60. The van der Waals surface area contributed by atoms with E-state index < -0.39 is 0 Å². The van der Waals surface area contributed by atoms with Crippen molar-refractivity contribution in [1.29, 1.82) is 0 Å². The minimum atomic E-state index is 0.608. The third kappa shape index (κ3) is 1.42. The van der Waals surface area contributed by atoms with Gasteiger partial charge in [0, 0.05) is 15.6 Å². The van der Waals surface area contributed by atoms with Crippen LogP contribution in [-0.4, -0.2) is 0 Å². The average molecular weight is 215 g/mol. The first kappa shape index (κ1) is 8.30. The number of halogens is 1. The highest BCUT2D eigenvalue weighted by molar-refractivity contribution is 7.20. The molecule has 2 aromatic heterocycles. The van der Waals surface area contributed by atoms with Crippen molar-refractivity contribution in [3.63, 3.8) is 0 Å². The van der Waals surface area contributed by atoms with Crippen molar-refractivity contribution >= 4 is 34.3 Å². The van der Waals surface area contributed by atoms with Crippen LogP contribution in [0.3, 0.4) is 0 Å². The van der Waals surface area contributed by atoms with Crippen molar-refractivity contribution in [1.82, 2.24) is 0 Å². The van der Waals surface area contributed by atoms with E-state index in [9.17, 15) is 0 Å². The van der Waals surface area contributed by atoms with Crippen molar-refractivity contribution in [2.24, 2.45) is 0 Å². The van der Waals surface area contributed by atoms with E-state index in [0.29, 0.717) is 5.88 Å². The Bertz CT molecular complexity index is 348. The Morgan fingerprint density at radius 1 is 1.17 bits per heavy atom. The average Bonchev–Trinajstić information content (AvgIpc) is 2.74. The van der Waals surface area contributed by atoms with E-state index in [4.69, 9.17) is 11.6 Å². The molecule has 0 N–H and O–H groups in total. The van der Waals surface area contributed by atoms with Crippen LogP contribution in [0.5, 0.6) is 0 Å². The lowest BCUT2D eigenvalue weighted by molar-refractivity contribution is 1.46. The fourth-order valence-corrected chi connectivity index (χ4v) is 3.20. The highest BCUT2D eigenvalue weighted by Gasteiger charge is 2.05. The van der Waals surface area contributed by atoms with Crippen molar-refractivity contribution in [2.45, 2.75) is 5.88 Å². The molecule has 0 aromatic carbocycles. The zero-order chi connectivity index (χ0) is 8.39. The Morgan fingerprint density at radius 2 is 2.08 bits per heavy atom. The molecule has 0 bridgehead atoms. The molecule has 2 rings (SSSR count). The Morgan fingerprint density at radius 3 is 2.75 bits per heavy atom. The predicted molar refractivity (Wildman–Crippen MR) is 57.2 cm³/mol. The maximum absolute atomic E-state index is 5.80. The molecule has 0 saturated heterocycles. The van der Waals surface area contributed by atoms with Crippen LogP contribution < -0.4 is 0 Å². The van der Waals surface area contributed by atoms with Gasteiger partial charge in [0.05, 0.1) is 0 Å². The Hall–Kier alpha value is -0.310. The molecule has 3 heteroatoms. The highest BCUT2D eigenvalue weighted by atomic mass is 35.5. The summed E-state index contributed by atoms with van der Waals surface area (Å²) < 4.78 is 0. The number of thiophene rings is 2. The summed E-state index contributed by atoms with van der Waals surface area (Å²) in [6, 6.07) is 6.29. The summed E-state index contributed by atoms with van der Waals surface area (Å²) in [6.45, 7) is 0. The molecule has 0 nitrogen and oxygen atoms in total. The predicted octanol–water partition coefficient (Wildman–Crippen LogP) is 4.22. The van der Waals surface area contributed by atoms with Crippen molar-refractivity contribution < 1.29 is 0 Å². The number of hydrogen-bond donors (Lipinski definition) is 0. The third-order valence-corrected chi connectivity index (χ3v) is 3.93. The number of alkyl halides is 1. The lowest BCUT2D eigenvalue weighted by Gasteiger charge is -1.94. The van der Waals surface area contributed by atoms with E-state index in [2.05, 4.69) is 29.0 Å². The number of rotatable bonds is 2. The summed E-state index contributed by atoms with van der Waals surface area (Å²) in [6.07, 6.45) is 0. The Balaban J connectivity index is 2.46. The van der Waals surface area contributed by atoms with Gasteiger partial charge in [-0.2, -0.15) is 0 Å². The van der Waals surface area contributed by atoms with Gasteiger partial charge in [-0.25, -0.2) is 0 Å². The summed E-state index contributed by atoms with van der Waals surface area (Å²) in [4.78, 5) is 2.64. The maximum Gasteiger partial charge on any atom is 0.0488 e. The molecule has 0 spiro atoms. The van der Waals surface area contributed by atoms with Gasteiger partial charge < -0.3 is 0 Å². The fraction of sp³-hybridized carbons (Fsp3) is 0.111. The molecule has 0 aliphatic carbocycles. The van der Waals surface area contributed by atoms with Gasteiger partial charge in [0.15, 0.2) is 0 Å². The second-order valence-electron chi connectivity index (χ2n) is 2.39. The molecule has 0 radical (unpaired) electrons. The summed E-state index contributed by atoms with van der Waals surface area (Å²) >= 11 is 9.32. The quantitative estimate of drug-likeness (QED) is 0.657. The summed E-state index contributed by atoms with van der Waals surface area (Å²) in [5.74, 6) is 0.608.